The van der Waals surface area contributed by atoms with Crippen molar-refractivity contribution in [2.45, 2.75) is 18.2 Å². The van der Waals surface area contributed by atoms with Gasteiger partial charge in [-0.2, -0.15) is 0 Å². The molecule has 1 amide bonds. The summed E-state index contributed by atoms with van der Waals surface area (Å²) in [5, 5.41) is 1.63. The number of carbonyl (C=O) groups excluding carboxylic acids is 1. The van der Waals surface area contributed by atoms with Crippen LogP contribution < -0.4 is 5.56 Å². The number of pyridine rings is 1. The number of fused-ring (bicyclic) bond motifs is 5. The molecule has 2 aromatic carbocycles. The summed E-state index contributed by atoms with van der Waals surface area (Å²) in [6.45, 7) is 0. The van der Waals surface area contributed by atoms with Crippen molar-refractivity contribution in [1.82, 2.24) is 19.3 Å². The van der Waals surface area contributed by atoms with Crippen molar-refractivity contribution in [3.8, 4) is 0 Å². The molecule has 0 saturated heterocycles. The molecule has 2 aliphatic rings. The standard InChI is InChI=1S/C28H19BrN6O2S/c29-17-9-10-24-31-18(12-25(36)34(24)14-17)15-38-28-33-22-8-4-2-6-20(22)26-32-23(27(37)35(26)28)11-16-13-30-21-7-3-1-5-19(16)21/h1-10,12-14,23,30H,11,15H2. The van der Waals surface area contributed by atoms with Gasteiger partial charge in [-0.1, -0.05) is 42.1 Å². The normalized spacial score (nSPS) is 16.5. The smallest absolute Gasteiger partial charge is 0.259 e. The number of hydrogen-bond donors (Lipinski definition) is 1. The van der Waals surface area contributed by atoms with Crippen LogP contribution >= 0.6 is 27.7 Å². The summed E-state index contributed by atoms with van der Waals surface area (Å²) in [6.07, 6.45) is 4.14. The molecule has 1 atom stereocenters. The van der Waals surface area contributed by atoms with E-state index in [9.17, 15) is 9.59 Å². The van der Waals surface area contributed by atoms with Gasteiger partial charge in [0.1, 0.15) is 17.5 Å². The number of aliphatic imine (C=N–C) groups is 2. The van der Waals surface area contributed by atoms with E-state index in [1.807, 2.05) is 54.7 Å². The number of aromatic nitrogens is 3. The first kappa shape index (κ1) is 23.1. The number of nitrogens with zero attached hydrogens (tertiary/aromatic N) is 5. The summed E-state index contributed by atoms with van der Waals surface area (Å²) in [6, 6.07) is 20.4. The van der Waals surface area contributed by atoms with E-state index in [4.69, 9.17) is 9.98 Å². The van der Waals surface area contributed by atoms with Crippen molar-refractivity contribution >= 4 is 66.8 Å². The Bertz CT molecular complexity index is 1890. The van der Waals surface area contributed by atoms with Gasteiger partial charge >= 0.3 is 0 Å². The van der Waals surface area contributed by atoms with Crippen LogP contribution in [0.3, 0.4) is 0 Å². The Labute approximate surface area is 229 Å². The van der Waals surface area contributed by atoms with Crippen molar-refractivity contribution in [2.24, 2.45) is 9.98 Å². The predicted octanol–water partition coefficient (Wildman–Crippen LogP) is 5.07. The lowest BCUT2D eigenvalue weighted by Crippen LogP contribution is -2.41. The molecule has 0 aliphatic carbocycles. The first-order chi connectivity index (χ1) is 18.5. The summed E-state index contributed by atoms with van der Waals surface area (Å²) < 4.78 is 2.30. The van der Waals surface area contributed by atoms with Gasteiger partial charge in [0.05, 0.1) is 11.4 Å². The minimum atomic E-state index is -0.553. The molecule has 38 heavy (non-hydrogen) atoms. The zero-order chi connectivity index (χ0) is 25.8. The summed E-state index contributed by atoms with van der Waals surface area (Å²) in [4.78, 5) is 45.6. The zero-order valence-electron chi connectivity index (χ0n) is 19.8. The second kappa shape index (κ2) is 9.07. The summed E-state index contributed by atoms with van der Waals surface area (Å²) in [7, 11) is 0. The van der Waals surface area contributed by atoms with Crippen LogP contribution in [0.4, 0.5) is 5.69 Å². The van der Waals surface area contributed by atoms with E-state index in [1.54, 1.807) is 17.2 Å². The Balaban J connectivity index is 1.21. The van der Waals surface area contributed by atoms with Crippen molar-refractivity contribution in [3.63, 3.8) is 0 Å². The van der Waals surface area contributed by atoms with E-state index in [1.165, 1.54) is 22.2 Å². The molecule has 186 valence electrons. The van der Waals surface area contributed by atoms with Gasteiger partial charge in [0, 0.05) is 51.6 Å². The first-order valence-electron chi connectivity index (χ1n) is 12.0. The Morgan fingerprint density at radius 1 is 1.03 bits per heavy atom. The van der Waals surface area contributed by atoms with Gasteiger partial charge in [-0.3, -0.25) is 19.0 Å². The van der Waals surface area contributed by atoms with Crippen LogP contribution in [0.1, 0.15) is 16.8 Å². The van der Waals surface area contributed by atoms with Crippen LogP contribution in [-0.2, 0) is 17.0 Å². The third-order valence-electron chi connectivity index (χ3n) is 6.66. The van der Waals surface area contributed by atoms with E-state index < -0.39 is 6.04 Å². The van der Waals surface area contributed by atoms with Gasteiger partial charge in [0.25, 0.3) is 11.5 Å². The summed E-state index contributed by atoms with van der Waals surface area (Å²) in [5.41, 5.74) is 4.69. The number of nitrogens with one attached hydrogen (secondary N) is 1. The van der Waals surface area contributed by atoms with Gasteiger partial charge in [0.15, 0.2) is 5.17 Å². The molecule has 3 aromatic heterocycles. The molecule has 1 N–H and O–H groups in total. The lowest BCUT2D eigenvalue weighted by atomic mass is 10.1. The topological polar surface area (TPSA) is 95.2 Å². The van der Waals surface area contributed by atoms with E-state index >= 15 is 0 Å². The number of H-pyrrole nitrogens is 1. The van der Waals surface area contributed by atoms with Gasteiger partial charge in [-0.25, -0.2) is 14.9 Å². The van der Waals surface area contributed by atoms with Gasteiger partial charge in [-0.15, -0.1) is 0 Å². The molecule has 2 aliphatic heterocycles. The number of carbonyl (C=O) groups is 1. The maximum absolute atomic E-state index is 13.7. The van der Waals surface area contributed by atoms with Gasteiger partial charge in [-0.05, 0) is 51.8 Å². The van der Waals surface area contributed by atoms with Crippen molar-refractivity contribution < 1.29 is 4.79 Å². The van der Waals surface area contributed by atoms with E-state index in [0.717, 1.165) is 32.2 Å². The number of hydrogen-bond acceptors (Lipinski definition) is 6. The third-order valence-corrected chi connectivity index (χ3v) is 8.10. The summed E-state index contributed by atoms with van der Waals surface area (Å²) >= 11 is 4.77. The highest BCUT2D eigenvalue weighted by atomic mass is 79.9. The highest BCUT2D eigenvalue weighted by Crippen LogP contribution is 2.35. The molecule has 5 heterocycles. The molecule has 10 heteroatoms. The van der Waals surface area contributed by atoms with Gasteiger partial charge < -0.3 is 4.98 Å². The molecule has 0 spiro atoms. The largest absolute Gasteiger partial charge is 0.361 e. The molecular formula is C28H19BrN6O2S. The molecule has 5 aromatic rings. The first-order valence-corrected chi connectivity index (χ1v) is 13.8. The fraction of sp³-hybridized carbons (Fsp3) is 0.107. The lowest BCUT2D eigenvalue weighted by Gasteiger charge is -2.25. The Morgan fingerprint density at radius 3 is 2.79 bits per heavy atom. The number of halogens is 1. The SMILES string of the molecule is O=C1C(Cc2c[nH]c3ccccc23)N=C2c3ccccc3N=C(SCc3cc(=O)n4cc(Br)ccc4n3)N12. The van der Waals surface area contributed by atoms with Gasteiger partial charge in [0.2, 0.25) is 0 Å². The van der Waals surface area contributed by atoms with Crippen LogP contribution in [0.2, 0.25) is 0 Å². The fourth-order valence-electron chi connectivity index (χ4n) is 4.88. The number of amidine groups is 2. The fourth-order valence-corrected chi connectivity index (χ4v) is 6.11. The van der Waals surface area contributed by atoms with E-state index in [-0.39, 0.29) is 11.5 Å². The molecule has 0 fully saturated rings. The number of para-hydroxylation sites is 2. The molecule has 8 nitrogen and oxygen atoms in total. The second-order valence-electron chi connectivity index (χ2n) is 9.07. The maximum atomic E-state index is 13.7. The molecule has 0 radical (unpaired) electrons. The molecule has 7 rings (SSSR count). The van der Waals surface area contributed by atoms with Crippen LogP contribution in [0.15, 0.2) is 98.4 Å². The summed E-state index contributed by atoms with van der Waals surface area (Å²) in [5.74, 6) is 0.888. The molecule has 0 saturated carbocycles. The number of rotatable bonds is 4. The minimum Gasteiger partial charge on any atom is -0.361 e. The van der Waals surface area contributed by atoms with Crippen LogP contribution in [-0.4, -0.2) is 42.2 Å². The monoisotopic (exact) mass is 582 g/mol. The van der Waals surface area contributed by atoms with Crippen LogP contribution in [0, 0.1) is 0 Å². The Kier molecular flexibility index (Phi) is 5.52. The van der Waals surface area contributed by atoms with Crippen molar-refractivity contribution in [3.05, 3.63) is 111 Å². The average Bonchev–Trinajstić information content (AvgIpc) is 3.49. The number of benzene rings is 2. The molecule has 1 unspecified atom stereocenters. The number of aromatic amines is 1. The minimum absolute atomic E-state index is 0.109. The lowest BCUT2D eigenvalue weighted by molar-refractivity contribution is -0.124. The Morgan fingerprint density at radius 2 is 1.87 bits per heavy atom. The number of thioether (sulfide) groups is 1. The quantitative estimate of drug-likeness (QED) is 0.320. The highest BCUT2D eigenvalue weighted by Gasteiger charge is 2.41. The van der Waals surface area contributed by atoms with Crippen molar-refractivity contribution in [2.75, 3.05) is 0 Å². The second-order valence-corrected chi connectivity index (χ2v) is 10.9. The number of amides is 1. The zero-order valence-corrected chi connectivity index (χ0v) is 22.2. The average molecular weight is 583 g/mol. The molecule has 0 bridgehead atoms. The van der Waals surface area contributed by atoms with Crippen LogP contribution in [0.25, 0.3) is 16.6 Å². The highest BCUT2D eigenvalue weighted by molar-refractivity contribution is 9.10. The third kappa shape index (κ3) is 3.88. The van der Waals surface area contributed by atoms with Crippen molar-refractivity contribution in [1.29, 1.82) is 0 Å². The van der Waals surface area contributed by atoms with E-state index in [0.29, 0.717) is 34.5 Å². The Hall–Kier alpha value is -4.02. The molecular weight excluding hydrogens is 564 g/mol. The van der Waals surface area contributed by atoms with E-state index in [2.05, 4.69) is 32.0 Å². The predicted molar refractivity (Wildman–Crippen MR) is 153 cm³/mol. The maximum Gasteiger partial charge on any atom is 0.259 e. The van der Waals surface area contributed by atoms with Crippen LogP contribution in [0.5, 0.6) is 0 Å².